The fourth-order valence-corrected chi connectivity index (χ4v) is 2.30. The lowest BCUT2D eigenvalue weighted by atomic mass is 10.2. The molecule has 0 heterocycles. The summed E-state index contributed by atoms with van der Waals surface area (Å²) in [5.74, 6) is -0.207. The average Bonchev–Trinajstić information content (AvgIpc) is 2.71. The summed E-state index contributed by atoms with van der Waals surface area (Å²) in [6, 6.07) is 8.33. The van der Waals surface area contributed by atoms with Gasteiger partial charge in [-0.3, -0.25) is 9.59 Å². The summed E-state index contributed by atoms with van der Waals surface area (Å²) in [4.78, 5) is 23.7. The first kappa shape index (κ1) is 20.7. The topological polar surface area (TPSA) is 98.2 Å². The lowest BCUT2D eigenvalue weighted by Gasteiger charge is -2.13. The zero-order valence-electron chi connectivity index (χ0n) is 15.6. The molecule has 2 aromatic carbocycles. The van der Waals surface area contributed by atoms with Gasteiger partial charge >= 0.3 is 0 Å². The summed E-state index contributed by atoms with van der Waals surface area (Å²) >= 11 is 0. The predicted octanol–water partition coefficient (Wildman–Crippen LogP) is 1.73. The number of nitrogens with zero attached hydrogens (tertiary/aromatic N) is 1. The molecule has 0 aromatic heterocycles. The monoisotopic (exact) mass is 389 g/mol. The zero-order chi connectivity index (χ0) is 20.5. The molecule has 0 atom stereocenters. The smallest absolute Gasteiger partial charge is 0.259 e. The number of benzene rings is 2. The van der Waals surface area contributed by atoms with Gasteiger partial charge in [0, 0.05) is 11.1 Å². The van der Waals surface area contributed by atoms with E-state index in [2.05, 4.69) is 15.8 Å². The van der Waals surface area contributed by atoms with Gasteiger partial charge in [-0.2, -0.15) is 5.10 Å². The van der Waals surface area contributed by atoms with Gasteiger partial charge in [-0.25, -0.2) is 9.82 Å². The van der Waals surface area contributed by atoms with Crippen LogP contribution in [0.1, 0.15) is 15.9 Å². The fraction of sp³-hybridized carbons (Fsp3) is 0.211. The highest BCUT2D eigenvalue weighted by molar-refractivity contribution is 5.96. The number of carbonyl (C=O) groups excluding carboxylic acids is 2. The molecule has 0 saturated carbocycles. The number of amides is 2. The van der Waals surface area contributed by atoms with Crippen molar-refractivity contribution in [3.05, 3.63) is 53.3 Å². The van der Waals surface area contributed by atoms with Crippen molar-refractivity contribution in [1.82, 2.24) is 10.7 Å². The Balaban J connectivity index is 1.94. The SMILES string of the molecule is COc1ccc(C=NNC(=O)CNC(=O)c2ccc(F)cc2)c(OC)c1OC. The van der Waals surface area contributed by atoms with E-state index in [1.165, 1.54) is 39.7 Å². The number of rotatable bonds is 8. The third-order valence-electron chi connectivity index (χ3n) is 3.64. The Hall–Kier alpha value is -3.62. The minimum absolute atomic E-state index is 0.243. The average molecular weight is 389 g/mol. The van der Waals surface area contributed by atoms with Crippen molar-refractivity contribution < 1.29 is 28.2 Å². The number of hydrazone groups is 1. The quantitative estimate of drug-likeness (QED) is 0.529. The molecule has 0 saturated heterocycles. The van der Waals surface area contributed by atoms with Crippen molar-refractivity contribution in [3.8, 4) is 17.2 Å². The molecule has 8 nitrogen and oxygen atoms in total. The number of hydrogen-bond acceptors (Lipinski definition) is 6. The molecule has 0 aliphatic rings. The number of ether oxygens (including phenoxy) is 3. The minimum atomic E-state index is -0.536. The first-order valence-corrected chi connectivity index (χ1v) is 8.14. The standard InChI is InChI=1S/C19H20FN3O5/c1-26-15-9-6-13(17(27-2)18(15)28-3)10-22-23-16(24)11-21-19(25)12-4-7-14(20)8-5-12/h4-10H,11H2,1-3H3,(H,21,25)(H,23,24). The third kappa shape index (κ3) is 5.19. The Bertz CT molecular complexity index is 869. The molecule has 0 fully saturated rings. The van der Waals surface area contributed by atoms with Gasteiger partial charge < -0.3 is 19.5 Å². The highest BCUT2D eigenvalue weighted by Crippen LogP contribution is 2.38. The van der Waals surface area contributed by atoms with E-state index in [0.717, 1.165) is 12.1 Å². The van der Waals surface area contributed by atoms with Gasteiger partial charge in [0.2, 0.25) is 5.75 Å². The molecule has 2 rings (SSSR count). The highest BCUT2D eigenvalue weighted by Gasteiger charge is 2.14. The first-order chi connectivity index (χ1) is 13.5. The Labute approximate surface area is 161 Å². The molecule has 0 aliphatic carbocycles. The van der Waals surface area contributed by atoms with E-state index >= 15 is 0 Å². The Morgan fingerprint density at radius 3 is 2.29 bits per heavy atom. The summed E-state index contributed by atoms with van der Waals surface area (Å²) in [5, 5.41) is 6.26. The summed E-state index contributed by atoms with van der Waals surface area (Å²) in [7, 11) is 4.45. The van der Waals surface area contributed by atoms with E-state index in [-0.39, 0.29) is 12.1 Å². The van der Waals surface area contributed by atoms with E-state index in [4.69, 9.17) is 14.2 Å². The van der Waals surface area contributed by atoms with E-state index < -0.39 is 17.6 Å². The second-order valence-corrected chi connectivity index (χ2v) is 5.41. The maximum atomic E-state index is 12.9. The lowest BCUT2D eigenvalue weighted by molar-refractivity contribution is -0.120. The second kappa shape index (κ2) is 9.91. The zero-order valence-corrected chi connectivity index (χ0v) is 15.6. The van der Waals surface area contributed by atoms with Crippen LogP contribution < -0.4 is 25.0 Å². The van der Waals surface area contributed by atoms with Crippen LogP contribution in [0.2, 0.25) is 0 Å². The van der Waals surface area contributed by atoms with Crippen molar-refractivity contribution in [2.75, 3.05) is 27.9 Å². The van der Waals surface area contributed by atoms with E-state index in [0.29, 0.717) is 22.8 Å². The molecular weight excluding hydrogens is 369 g/mol. The third-order valence-corrected chi connectivity index (χ3v) is 3.64. The normalized spacial score (nSPS) is 10.4. The molecule has 2 amide bonds. The van der Waals surface area contributed by atoms with Gasteiger partial charge in [-0.1, -0.05) is 0 Å². The highest BCUT2D eigenvalue weighted by atomic mass is 19.1. The van der Waals surface area contributed by atoms with Gasteiger partial charge in [0.05, 0.1) is 34.1 Å². The van der Waals surface area contributed by atoms with Crippen LogP contribution in [0.5, 0.6) is 17.2 Å². The molecule has 0 aliphatic heterocycles. The van der Waals surface area contributed by atoms with Crippen molar-refractivity contribution in [2.45, 2.75) is 0 Å². The van der Waals surface area contributed by atoms with Gasteiger partial charge in [-0.05, 0) is 36.4 Å². The number of hydrogen-bond donors (Lipinski definition) is 2. The number of halogens is 1. The Morgan fingerprint density at radius 2 is 1.68 bits per heavy atom. The molecule has 0 spiro atoms. The second-order valence-electron chi connectivity index (χ2n) is 5.41. The van der Waals surface area contributed by atoms with Crippen LogP contribution in [0.4, 0.5) is 4.39 Å². The van der Waals surface area contributed by atoms with E-state index in [1.54, 1.807) is 12.1 Å². The maximum absolute atomic E-state index is 12.9. The molecule has 9 heteroatoms. The maximum Gasteiger partial charge on any atom is 0.259 e. The summed E-state index contributed by atoms with van der Waals surface area (Å²) in [6.07, 6.45) is 1.38. The lowest BCUT2D eigenvalue weighted by Crippen LogP contribution is -2.34. The van der Waals surface area contributed by atoms with E-state index in [1.807, 2.05) is 0 Å². The number of nitrogens with one attached hydrogen (secondary N) is 2. The fourth-order valence-electron chi connectivity index (χ4n) is 2.30. The van der Waals surface area contributed by atoms with Crippen LogP contribution in [0.25, 0.3) is 0 Å². The van der Waals surface area contributed by atoms with Crippen molar-refractivity contribution in [1.29, 1.82) is 0 Å². The molecule has 0 unspecified atom stereocenters. The van der Waals surface area contributed by atoms with Gasteiger partial charge in [0.15, 0.2) is 11.5 Å². The first-order valence-electron chi connectivity index (χ1n) is 8.14. The molecule has 0 bridgehead atoms. The Morgan fingerprint density at radius 1 is 1.00 bits per heavy atom. The summed E-state index contributed by atoms with van der Waals surface area (Å²) < 4.78 is 28.6. The van der Waals surface area contributed by atoms with Crippen LogP contribution in [-0.4, -0.2) is 45.9 Å². The summed E-state index contributed by atoms with van der Waals surface area (Å²) in [5.41, 5.74) is 3.09. The predicted molar refractivity (Wildman–Crippen MR) is 101 cm³/mol. The van der Waals surface area contributed by atoms with Crippen LogP contribution in [0.3, 0.4) is 0 Å². The minimum Gasteiger partial charge on any atom is -0.493 e. The molecule has 28 heavy (non-hydrogen) atoms. The molecule has 148 valence electrons. The van der Waals surface area contributed by atoms with Crippen LogP contribution in [-0.2, 0) is 4.79 Å². The van der Waals surface area contributed by atoms with Crippen molar-refractivity contribution in [3.63, 3.8) is 0 Å². The van der Waals surface area contributed by atoms with Gasteiger partial charge in [-0.15, -0.1) is 0 Å². The van der Waals surface area contributed by atoms with Crippen LogP contribution in [0, 0.1) is 5.82 Å². The molecule has 2 N–H and O–H groups in total. The van der Waals surface area contributed by atoms with E-state index in [9.17, 15) is 14.0 Å². The number of methoxy groups -OCH3 is 3. The molecule has 0 radical (unpaired) electrons. The van der Waals surface area contributed by atoms with Gasteiger partial charge in [0.25, 0.3) is 11.8 Å². The van der Waals surface area contributed by atoms with Gasteiger partial charge in [0.1, 0.15) is 5.82 Å². The molecular formula is C19H20FN3O5. The van der Waals surface area contributed by atoms with Crippen LogP contribution in [0.15, 0.2) is 41.5 Å². The van der Waals surface area contributed by atoms with Crippen molar-refractivity contribution >= 4 is 18.0 Å². The number of carbonyl (C=O) groups is 2. The molecule has 2 aromatic rings. The van der Waals surface area contributed by atoms with Crippen LogP contribution >= 0.6 is 0 Å². The summed E-state index contributed by atoms with van der Waals surface area (Å²) in [6.45, 7) is -0.295. The Kier molecular flexibility index (Phi) is 7.32. The van der Waals surface area contributed by atoms with Crippen molar-refractivity contribution in [2.24, 2.45) is 5.10 Å². The largest absolute Gasteiger partial charge is 0.493 e.